The summed E-state index contributed by atoms with van der Waals surface area (Å²) in [5, 5.41) is 0. The lowest BCUT2D eigenvalue weighted by atomic mass is 10.1. The zero-order valence-electron chi connectivity index (χ0n) is 15.5. The Labute approximate surface area is 157 Å². The first-order valence-electron chi connectivity index (χ1n) is 9.06. The molecule has 0 saturated carbocycles. The number of Topliss-reactive ketones (excluding diaryl/α,β-unsaturated/α-hetero) is 1. The summed E-state index contributed by atoms with van der Waals surface area (Å²) in [6.45, 7) is 5.50. The summed E-state index contributed by atoms with van der Waals surface area (Å²) in [7, 11) is 0. The number of anilines is 1. The van der Waals surface area contributed by atoms with Crippen LogP contribution in [0.5, 0.6) is 0 Å². The second-order valence-corrected chi connectivity index (χ2v) is 6.61. The number of carbonyl (C=O) groups excluding carboxylic acids is 4. The standard InChI is InChI=1S/C19H23N3O5/c1-3-27-19(26)21-10-8-20(9-11-21)16-12-17(24)22(18(16)25)15-6-4-14(5-7-15)13(2)23/h4-7,16H,3,8-12H2,1-2H3/t16-/m1/s1. The van der Waals surface area contributed by atoms with Crippen LogP contribution in [0.25, 0.3) is 0 Å². The molecule has 144 valence electrons. The van der Waals surface area contributed by atoms with Crippen molar-refractivity contribution < 1.29 is 23.9 Å². The summed E-state index contributed by atoms with van der Waals surface area (Å²) in [5.41, 5.74) is 1.01. The first-order chi connectivity index (χ1) is 12.9. The number of piperazine rings is 1. The number of imide groups is 1. The van der Waals surface area contributed by atoms with Crippen molar-refractivity contribution in [3.8, 4) is 0 Å². The third-order valence-corrected chi connectivity index (χ3v) is 4.94. The second-order valence-electron chi connectivity index (χ2n) is 6.61. The summed E-state index contributed by atoms with van der Waals surface area (Å²) < 4.78 is 5.00. The Kier molecular flexibility index (Phi) is 5.55. The summed E-state index contributed by atoms with van der Waals surface area (Å²) in [6.07, 6.45) is -0.231. The van der Waals surface area contributed by atoms with E-state index in [0.717, 1.165) is 0 Å². The van der Waals surface area contributed by atoms with E-state index in [1.165, 1.54) is 11.8 Å². The molecule has 0 aromatic heterocycles. The van der Waals surface area contributed by atoms with Crippen LogP contribution in [-0.2, 0) is 14.3 Å². The molecule has 1 atom stereocenters. The quantitative estimate of drug-likeness (QED) is 0.584. The number of carbonyl (C=O) groups is 4. The van der Waals surface area contributed by atoms with E-state index in [9.17, 15) is 19.2 Å². The van der Waals surface area contributed by atoms with Gasteiger partial charge in [0.1, 0.15) is 0 Å². The first-order valence-corrected chi connectivity index (χ1v) is 9.06. The average molecular weight is 373 g/mol. The van der Waals surface area contributed by atoms with Crippen molar-refractivity contribution in [3.63, 3.8) is 0 Å². The van der Waals surface area contributed by atoms with Gasteiger partial charge in [0, 0.05) is 31.7 Å². The van der Waals surface area contributed by atoms with E-state index in [1.54, 1.807) is 36.1 Å². The number of amides is 3. The summed E-state index contributed by atoms with van der Waals surface area (Å²) >= 11 is 0. The Bertz CT molecular complexity index is 753. The van der Waals surface area contributed by atoms with Gasteiger partial charge in [-0.2, -0.15) is 0 Å². The topological polar surface area (TPSA) is 87.2 Å². The molecule has 1 aromatic carbocycles. The molecule has 3 amide bonds. The molecule has 1 aromatic rings. The Morgan fingerprint density at radius 2 is 1.70 bits per heavy atom. The Morgan fingerprint density at radius 3 is 2.26 bits per heavy atom. The van der Waals surface area contributed by atoms with E-state index in [4.69, 9.17) is 4.74 Å². The van der Waals surface area contributed by atoms with Gasteiger partial charge in [-0.15, -0.1) is 0 Å². The Morgan fingerprint density at radius 1 is 1.07 bits per heavy atom. The van der Waals surface area contributed by atoms with E-state index in [2.05, 4.69) is 0 Å². The molecule has 0 spiro atoms. The number of nitrogens with zero attached hydrogens (tertiary/aromatic N) is 3. The lowest BCUT2D eigenvalue weighted by molar-refractivity contribution is -0.123. The zero-order chi connectivity index (χ0) is 19.6. The number of hydrogen-bond donors (Lipinski definition) is 0. The number of ether oxygens (including phenoxy) is 1. The molecule has 0 aliphatic carbocycles. The molecule has 0 bridgehead atoms. The summed E-state index contributed by atoms with van der Waals surface area (Å²) in [5.74, 6) is -0.591. The van der Waals surface area contributed by atoms with Gasteiger partial charge >= 0.3 is 6.09 Å². The number of ketones is 1. The maximum absolute atomic E-state index is 12.8. The smallest absolute Gasteiger partial charge is 0.409 e. The molecule has 0 radical (unpaired) electrons. The van der Waals surface area contributed by atoms with E-state index in [-0.39, 0.29) is 30.1 Å². The van der Waals surface area contributed by atoms with Crippen LogP contribution in [0.2, 0.25) is 0 Å². The van der Waals surface area contributed by atoms with Gasteiger partial charge in [0.05, 0.1) is 24.8 Å². The van der Waals surface area contributed by atoms with Crippen LogP contribution in [0.3, 0.4) is 0 Å². The van der Waals surface area contributed by atoms with Crippen LogP contribution in [0.4, 0.5) is 10.5 Å². The fourth-order valence-electron chi connectivity index (χ4n) is 3.45. The molecule has 2 aliphatic rings. The minimum Gasteiger partial charge on any atom is -0.450 e. The van der Waals surface area contributed by atoms with Gasteiger partial charge < -0.3 is 9.64 Å². The third kappa shape index (κ3) is 3.85. The van der Waals surface area contributed by atoms with Crippen LogP contribution >= 0.6 is 0 Å². The highest BCUT2D eigenvalue weighted by Crippen LogP contribution is 2.26. The van der Waals surface area contributed by atoms with E-state index in [1.807, 2.05) is 4.90 Å². The van der Waals surface area contributed by atoms with Crippen LogP contribution in [0.15, 0.2) is 24.3 Å². The Hall–Kier alpha value is -2.74. The second kappa shape index (κ2) is 7.87. The monoisotopic (exact) mass is 373 g/mol. The highest BCUT2D eigenvalue weighted by molar-refractivity contribution is 6.22. The fourth-order valence-corrected chi connectivity index (χ4v) is 3.45. The van der Waals surface area contributed by atoms with Gasteiger partial charge in [-0.3, -0.25) is 19.3 Å². The van der Waals surface area contributed by atoms with Gasteiger partial charge in [0.15, 0.2) is 5.78 Å². The number of rotatable bonds is 4. The third-order valence-electron chi connectivity index (χ3n) is 4.94. The minimum atomic E-state index is -0.519. The zero-order valence-corrected chi connectivity index (χ0v) is 15.5. The van der Waals surface area contributed by atoms with E-state index in [0.29, 0.717) is 44.0 Å². The van der Waals surface area contributed by atoms with Crippen molar-refractivity contribution in [1.82, 2.24) is 9.80 Å². The number of benzene rings is 1. The molecule has 27 heavy (non-hydrogen) atoms. The molecule has 0 N–H and O–H groups in total. The van der Waals surface area contributed by atoms with Crippen LogP contribution < -0.4 is 4.90 Å². The van der Waals surface area contributed by atoms with Crippen LogP contribution in [-0.4, -0.2) is 72.3 Å². The molecule has 2 saturated heterocycles. The van der Waals surface area contributed by atoms with Crippen molar-refractivity contribution in [1.29, 1.82) is 0 Å². The molecule has 3 rings (SSSR count). The highest BCUT2D eigenvalue weighted by atomic mass is 16.6. The normalized spacial score (nSPS) is 20.9. The largest absolute Gasteiger partial charge is 0.450 e. The van der Waals surface area contributed by atoms with Crippen molar-refractivity contribution in [2.75, 3.05) is 37.7 Å². The van der Waals surface area contributed by atoms with Crippen molar-refractivity contribution in [2.24, 2.45) is 0 Å². The molecule has 2 fully saturated rings. The fraction of sp³-hybridized carbons (Fsp3) is 0.474. The molecule has 0 unspecified atom stereocenters. The summed E-state index contributed by atoms with van der Waals surface area (Å²) in [4.78, 5) is 53.2. The number of hydrogen-bond acceptors (Lipinski definition) is 6. The van der Waals surface area contributed by atoms with Crippen molar-refractivity contribution in [2.45, 2.75) is 26.3 Å². The predicted molar refractivity (Wildman–Crippen MR) is 97.5 cm³/mol. The molecular weight excluding hydrogens is 350 g/mol. The van der Waals surface area contributed by atoms with Gasteiger partial charge in [-0.1, -0.05) is 0 Å². The van der Waals surface area contributed by atoms with Crippen molar-refractivity contribution >= 4 is 29.4 Å². The molecule has 8 heteroatoms. The van der Waals surface area contributed by atoms with E-state index < -0.39 is 6.04 Å². The van der Waals surface area contributed by atoms with Crippen LogP contribution in [0, 0.1) is 0 Å². The SMILES string of the molecule is CCOC(=O)N1CCN([C@@H]2CC(=O)N(c3ccc(C(C)=O)cc3)C2=O)CC1. The van der Waals surface area contributed by atoms with Gasteiger partial charge in [0.25, 0.3) is 5.91 Å². The van der Waals surface area contributed by atoms with Crippen LogP contribution in [0.1, 0.15) is 30.6 Å². The van der Waals surface area contributed by atoms with E-state index >= 15 is 0 Å². The lowest BCUT2D eigenvalue weighted by Crippen LogP contribution is -2.54. The lowest BCUT2D eigenvalue weighted by Gasteiger charge is -2.36. The maximum Gasteiger partial charge on any atom is 0.409 e. The first kappa shape index (κ1) is 19.0. The Balaban J connectivity index is 1.66. The maximum atomic E-state index is 12.8. The van der Waals surface area contributed by atoms with Gasteiger partial charge in [-0.05, 0) is 38.1 Å². The average Bonchev–Trinajstić information content (AvgIpc) is 2.96. The predicted octanol–water partition coefficient (Wildman–Crippen LogP) is 1.30. The van der Waals surface area contributed by atoms with Crippen molar-refractivity contribution in [3.05, 3.63) is 29.8 Å². The van der Waals surface area contributed by atoms with Gasteiger partial charge in [0.2, 0.25) is 5.91 Å². The highest BCUT2D eigenvalue weighted by Gasteiger charge is 2.43. The molecule has 8 nitrogen and oxygen atoms in total. The minimum absolute atomic E-state index is 0.0713. The molecule has 2 heterocycles. The molecular formula is C19H23N3O5. The van der Waals surface area contributed by atoms with Gasteiger partial charge in [-0.25, -0.2) is 9.69 Å². The molecule has 2 aliphatic heterocycles. The summed E-state index contributed by atoms with van der Waals surface area (Å²) in [6, 6.07) is 5.95.